The van der Waals surface area contributed by atoms with E-state index in [1.165, 1.54) is 4.68 Å². The first-order chi connectivity index (χ1) is 7.38. The van der Waals surface area contributed by atoms with Gasteiger partial charge in [0.2, 0.25) is 5.88 Å². The van der Waals surface area contributed by atoms with Gasteiger partial charge >= 0.3 is 0 Å². The van der Waals surface area contributed by atoms with Crippen LogP contribution in [0.15, 0.2) is 9.79 Å². The molecule has 0 N–H and O–H groups in total. The molecule has 5 heteroatoms. The van der Waals surface area contributed by atoms with Crippen LogP contribution in [-0.2, 0) is 12.6 Å². The summed E-state index contributed by atoms with van der Waals surface area (Å²) < 4.78 is 6.52. The molecule has 1 aromatic heterocycles. The Bertz CT molecular complexity index is 541. The van der Waals surface area contributed by atoms with Crippen LogP contribution in [0.25, 0.3) is 0 Å². The van der Waals surface area contributed by atoms with Crippen molar-refractivity contribution < 1.29 is 4.74 Å². The molecule has 0 bridgehead atoms. The van der Waals surface area contributed by atoms with E-state index in [0.717, 1.165) is 11.3 Å². The molecule has 0 fully saturated rings. The van der Waals surface area contributed by atoms with Crippen molar-refractivity contribution in [1.29, 1.82) is 0 Å². The number of aliphatic imine (C=N–C) groups is 1. The fourth-order valence-electron chi connectivity index (χ4n) is 2.18. The van der Waals surface area contributed by atoms with Gasteiger partial charge in [-0.3, -0.25) is 9.79 Å². The number of hydrogen-bond acceptors (Lipinski definition) is 4. The Hall–Kier alpha value is -1.65. The van der Waals surface area contributed by atoms with Crippen LogP contribution in [0.5, 0.6) is 5.88 Å². The van der Waals surface area contributed by atoms with E-state index >= 15 is 0 Å². The summed E-state index contributed by atoms with van der Waals surface area (Å²) >= 11 is 0. The Kier molecular flexibility index (Phi) is 2.15. The summed E-state index contributed by atoms with van der Waals surface area (Å²) in [5.74, 6) is 0.475. The van der Waals surface area contributed by atoms with Crippen LogP contribution in [0.1, 0.15) is 31.9 Å². The lowest BCUT2D eigenvalue weighted by atomic mass is 9.95. The molecule has 1 aliphatic rings. The second-order valence-corrected chi connectivity index (χ2v) is 4.44. The van der Waals surface area contributed by atoms with E-state index in [9.17, 15) is 4.79 Å². The Morgan fingerprint density at radius 2 is 2.00 bits per heavy atom. The standard InChI is InChI=1S/C11H15N3O2/c1-6-7-8(11(2,3)12-6)9(16-5)13-14(4)10(7)15/h1-5H3. The first-order valence-corrected chi connectivity index (χ1v) is 5.11. The maximum Gasteiger partial charge on any atom is 0.276 e. The van der Waals surface area contributed by atoms with E-state index in [-0.39, 0.29) is 5.56 Å². The number of rotatable bonds is 1. The average Bonchev–Trinajstić information content (AvgIpc) is 2.43. The van der Waals surface area contributed by atoms with Gasteiger partial charge < -0.3 is 4.74 Å². The quantitative estimate of drug-likeness (QED) is 0.706. The van der Waals surface area contributed by atoms with E-state index in [4.69, 9.17) is 4.74 Å². The van der Waals surface area contributed by atoms with Crippen LogP contribution < -0.4 is 10.3 Å². The Morgan fingerprint density at radius 1 is 1.38 bits per heavy atom. The topological polar surface area (TPSA) is 56.5 Å². The van der Waals surface area contributed by atoms with E-state index in [2.05, 4.69) is 10.1 Å². The first-order valence-electron chi connectivity index (χ1n) is 5.11. The highest BCUT2D eigenvalue weighted by molar-refractivity contribution is 6.03. The summed E-state index contributed by atoms with van der Waals surface area (Å²) in [7, 11) is 3.17. The largest absolute Gasteiger partial charge is 0.480 e. The molecule has 2 rings (SSSR count). The number of fused-ring (bicyclic) bond motifs is 1. The SMILES string of the molecule is COc1nn(C)c(=O)c2c1C(C)(C)N=C2C. The molecule has 0 atom stereocenters. The van der Waals surface area contributed by atoms with Gasteiger partial charge in [0.15, 0.2) is 0 Å². The van der Waals surface area contributed by atoms with Crippen LogP contribution in [0.4, 0.5) is 0 Å². The molecular weight excluding hydrogens is 206 g/mol. The molecule has 0 amide bonds. The maximum absolute atomic E-state index is 12.0. The number of hydrogen-bond donors (Lipinski definition) is 0. The van der Waals surface area contributed by atoms with Gasteiger partial charge in [-0.1, -0.05) is 0 Å². The third kappa shape index (κ3) is 1.27. The Balaban J connectivity index is 2.89. The number of nitrogens with zero attached hydrogens (tertiary/aromatic N) is 3. The Labute approximate surface area is 93.8 Å². The van der Waals surface area contributed by atoms with Crippen molar-refractivity contribution in [2.45, 2.75) is 26.3 Å². The molecule has 86 valence electrons. The van der Waals surface area contributed by atoms with Crippen molar-refractivity contribution in [1.82, 2.24) is 9.78 Å². The van der Waals surface area contributed by atoms with Crippen LogP contribution in [0, 0.1) is 0 Å². The minimum absolute atomic E-state index is 0.123. The summed E-state index contributed by atoms with van der Waals surface area (Å²) in [6.07, 6.45) is 0. The van der Waals surface area contributed by atoms with Crippen molar-refractivity contribution in [2.75, 3.05) is 7.11 Å². The van der Waals surface area contributed by atoms with Crippen molar-refractivity contribution in [3.63, 3.8) is 0 Å². The maximum atomic E-state index is 12.0. The van der Waals surface area contributed by atoms with Crippen LogP contribution in [0.2, 0.25) is 0 Å². The lowest BCUT2D eigenvalue weighted by molar-refractivity contribution is 0.364. The predicted molar refractivity (Wildman–Crippen MR) is 61.3 cm³/mol. The van der Waals surface area contributed by atoms with Gasteiger partial charge in [0.05, 0.1) is 23.8 Å². The highest BCUT2D eigenvalue weighted by Gasteiger charge is 2.36. The molecule has 1 aliphatic heterocycles. The van der Waals surface area contributed by atoms with Crippen molar-refractivity contribution in [2.24, 2.45) is 12.0 Å². The minimum Gasteiger partial charge on any atom is -0.480 e. The van der Waals surface area contributed by atoms with Crippen molar-refractivity contribution in [3.05, 3.63) is 21.5 Å². The van der Waals surface area contributed by atoms with Crippen molar-refractivity contribution >= 4 is 5.71 Å². The second kappa shape index (κ2) is 3.17. The summed E-state index contributed by atoms with van der Waals surface area (Å²) in [6.45, 7) is 5.74. The van der Waals surface area contributed by atoms with Gasteiger partial charge in [0.1, 0.15) is 0 Å². The second-order valence-electron chi connectivity index (χ2n) is 4.44. The van der Waals surface area contributed by atoms with Gasteiger partial charge in [-0.15, -0.1) is 5.10 Å². The zero-order valence-corrected chi connectivity index (χ0v) is 10.2. The molecule has 5 nitrogen and oxygen atoms in total. The highest BCUT2D eigenvalue weighted by atomic mass is 16.5. The molecule has 0 unspecified atom stereocenters. The molecule has 1 aromatic rings. The molecule has 0 saturated carbocycles. The van der Waals surface area contributed by atoms with E-state index < -0.39 is 5.54 Å². The Morgan fingerprint density at radius 3 is 2.56 bits per heavy atom. The number of methoxy groups -OCH3 is 1. The lowest BCUT2D eigenvalue weighted by Gasteiger charge is -2.18. The summed E-state index contributed by atoms with van der Waals surface area (Å²) in [4.78, 5) is 16.5. The third-order valence-corrected chi connectivity index (χ3v) is 2.83. The number of aryl methyl sites for hydroxylation is 1. The highest BCUT2D eigenvalue weighted by Crippen LogP contribution is 2.37. The van der Waals surface area contributed by atoms with Gasteiger partial charge in [0, 0.05) is 12.8 Å². The minimum atomic E-state index is -0.439. The van der Waals surface area contributed by atoms with Gasteiger partial charge in [-0.05, 0) is 20.8 Å². The average molecular weight is 221 g/mol. The summed E-state index contributed by atoms with van der Waals surface area (Å²) in [6, 6.07) is 0. The third-order valence-electron chi connectivity index (χ3n) is 2.83. The van der Waals surface area contributed by atoms with Crippen LogP contribution in [0.3, 0.4) is 0 Å². The zero-order chi connectivity index (χ0) is 12.1. The smallest absolute Gasteiger partial charge is 0.276 e. The fourth-order valence-corrected chi connectivity index (χ4v) is 2.18. The molecular formula is C11H15N3O2. The number of ether oxygens (including phenoxy) is 1. The van der Waals surface area contributed by atoms with Crippen LogP contribution in [-0.4, -0.2) is 22.6 Å². The van der Waals surface area contributed by atoms with Crippen molar-refractivity contribution in [3.8, 4) is 5.88 Å². The van der Waals surface area contributed by atoms with E-state index in [1.54, 1.807) is 14.2 Å². The fraction of sp³-hybridized carbons (Fsp3) is 0.545. The molecule has 0 spiro atoms. The molecule has 16 heavy (non-hydrogen) atoms. The number of aromatic nitrogens is 2. The molecule has 2 heterocycles. The van der Waals surface area contributed by atoms with E-state index in [0.29, 0.717) is 11.4 Å². The van der Waals surface area contributed by atoms with Crippen LogP contribution >= 0.6 is 0 Å². The summed E-state index contributed by atoms with van der Waals surface area (Å²) in [5, 5.41) is 4.10. The first kappa shape index (κ1) is 10.9. The molecule has 0 saturated heterocycles. The van der Waals surface area contributed by atoms with Gasteiger partial charge in [-0.2, -0.15) is 0 Å². The normalized spacial score (nSPS) is 16.9. The zero-order valence-electron chi connectivity index (χ0n) is 10.2. The molecule has 0 aromatic carbocycles. The lowest BCUT2D eigenvalue weighted by Crippen LogP contribution is -2.28. The summed E-state index contributed by atoms with van der Waals surface area (Å²) in [5.41, 5.74) is 1.60. The monoisotopic (exact) mass is 221 g/mol. The van der Waals surface area contributed by atoms with E-state index in [1.807, 2.05) is 20.8 Å². The van der Waals surface area contributed by atoms with Gasteiger partial charge in [0.25, 0.3) is 5.56 Å². The predicted octanol–water partition coefficient (Wildman–Crippen LogP) is 0.847. The van der Waals surface area contributed by atoms with Gasteiger partial charge in [-0.25, -0.2) is 4.68 Å². The molecule has 0 aliphatic carbocycles. The molecule has 0 radical (unpaired) electrons.